The molecule has 0 aromatic heterocycles. The number of aliphatic carboxylic acids is 1. The van der Waals surface area contributed by atoms with Gasteiger partial charge in [-0.15, -0.1) is 0 Å². The second-order valence-electron chi connectivity index (χ2n) is 3.54. The SMILES string of the molecule is COc1ccccc1OCCCC=C(O)C(=O)O. The summed E-state index contributed by atoms with van der Waals surface area (Å²) in [6.07, 6.45) is 2.30. The summed E-state index contributed by atoms with van der Waals surface area (Å²) >= 11 is 0. The van der Waals surface area contributed by atoms with Crippen molar-refractivity contribution in [2.75, 3.05) is 13.7 Å². The Morgan fingerprint density at radius 3 is 2.56 bits per heavy atom. The maximum atomic E-state index is 10.3. The van der Waals surface area contributed by atoms with Crippen molar-refractivity contribution in [2.24, 2.45) is 0 Å². The molecule has 0 unspecified atom stereocenters. The molecule has 1 aromatic rings. The molecule has 18 heavy (non-hydrogen) atoms. The van der Waals surface area contributed by atoms with Gasteiger partial charge in [-0.2, -0.15) is 0 Å². The lowest BCUT2D eigenvalue weighted by Crippen LogP contribution is -2.01. The lowest BCUT2D eigenvalue weighted by atomic mass is 10.3. The van der Waals surface area contributed by atoms with E-state index >= 15 is 0 Å². The molecule has 0 saturated carbocycles. The number of para-hydroxylation sites is 2. The molecule has 0 bridgehead atoms. The maximum absolute atomic E-state index is 10.3. The van der Waals surface area contributed by atoms with E-state index in [0.29, 0.717) is 30.9 Å². The van der Waals surface area contributed by atoms with Crippen molar-refractivity contribution in [1.82, 2.24) is 0 Å². The van der Waals surface area contributed by atoms with Gasteiger partial charge in [-0.3, -0.25) is 0 Å². The van der Waals surface area contributed by atoms with Gasteiger partial charge in [0.1, 0.15) is 0 Å². The number of benzene rings is 1. The van der Waals surface area contributed by atoms with E-state index in [-0.39, 0.29) is 0 Å². The fourth-order valence-electron chi connectivity index (χ4n) is 1.33. The molecule has 5 heteroatoms. The summed E-state index contributed by atoms with van der Waals surface area (Å²) in [5.74, 6) is -0.652. The molecular weight excluding hydrogens is 236 g/mol. The molecule has 0 aliphatic heterocycles. The minimum atomic E-state index is -1.32. The molecule has 0 radical (unpaired) electrons. The van der Waals surface area contributed by atoms with Gasteiger partial charge in [0.15, 0.2) is 17.3 Å². The number of aliphatic hydroxyl groups excluding tert-OH is 1. The van der Waals surface area contributed by atoms with Crippen LogP contribution in [0.2, 0.25) is 0 Å². The molecule has 0 heterocycles. The zero-order valence-electron chi connectivity index (χ0n) is 10.1. The van der Waals surface area contributed by atoms with Gasteiger partial charge >= 0.3 is 5.97 Å². The predicted octanol–water partition coefficient (Wildman–Crippen LogP) is 2.38. The zero-order chi connectivity index (χ0) is 13.4. The molecule has 0 fully saturated rings. The van der Waals surface area contributed by atoms with Crippen molar-refractivity contribution in [3.05, 3.63) is 36.1 Å². The lowest BCUT2D eigenvalue weighted by Gasteiger charge is -2.09. The summed E-state index contributed by atoms with van der Waals surface area (Å²) in [4.78, 5) is 10.3. The van der Waals surface area contributed by atoms with Gasteiger partial charge in [-0.1, -0.05) is 12.1 Å². The Morgan fingerprint density at radius 1 is 1.28 bits per heavy atom. The normalized spacial score (nSPS) is 11.1. The number of ether oxygens (including phenoxy) is 2. The minimum absolute atomic E-state index is 0.420. The van der Waals surface area contributed by atoms with Crippen molar-refractivity contribution in [3.8, 4) is 11.5 Å². The topological polar surface area (TPSA) is 76.0 Å². The first-order valence-corrected chi connectivity index (χ1v) is 5.53. The average Bonchev–Trinajstić information content (AvgIpc) is 2.38. The molecule has 2 N–H and O–H groups in total. The summed E-state index contributed by atoms with van der Waals surface area (Å²) in [7, 11) is 1.57. The van der Waals surface area contributed by atoms with Crippen LogP contribution in [0.5, 0.6) is 11.5 Å². The Balaban J connectivity index is 2.34. The highest BCUT2D eigenvalue weighted by Gasteiger charge is 2.03. The van der Waals surface area contributed by atoms with Gasteiger partial charge in [0.25, 0.3) is 0 Å². The highest BCUT2D eigenvalue weighted by Crippen LogP contribution is 2.25. The zero-order valence-corrected chi connectivity index (χ0v) is 10.1. The molecule has 0 aliphatic rings. The van der Waals surface area contributed by atoms with E-state index in [0.717, 1.165) is 0 Å². The molecule has 0 aliphatic carbocycles. The standard InChI is InChI=1S/C13H16O5/c1-17-11-7-2-3-8-12(11)18-9-5-4-6-10(14)13(15)16/h2-3,6-8,14H,4-5,9H2,1H3,(H,15,16). The molecule has 0 atom stereocenters. The second kappa shape index (κ2) is 7.21. The first-order chi connectivity index (χ1) is 8.65. The smallest absolute Gasteiger partial charge is 0.370 e. The van der Waals surface area contributed by atoms with Gasteiger partial charge in [0, 0.05) is 0 Å². The van der Waals surface area contributed by atoms with Crippen molar-refractivity contribution < 1.29 is 24.5 Å². The summed E-state index contributed by atoms with van der Waals surface area (Å²) in [6.45, 7) is 0.420. The average molecular weight is 252 g/mol. The van der Waals surface area contributed by atoms with Crippen LogP contribution in [0.15, 0.2) is 36.1 Å². The van der Waals surface area contributed by atoms with Crippen molar-refractivity contribution in [3.63, 3.8) is 0 Å². The highest BCUT2D eigenvalue weighted by atomic mass is 16.5. The van der Waals surface area contributed by atoms with Gasteiger partial charge in [0.05, 0.1) is 13.7 Å². The molecular formula is C13H16O5. The van der Waals surface area contributed by atoms with Crippen LogP contribution in [-0.4, -0.2) is 29.9 Å². The summed E-state index contributed by atoms with van der Waals surface area (Å²) < 4.78 is 10.6. The summed E-state index contributed by atoms with van der Waals surface area (Å²) in [5.41, 5.74) is 0. The molecule has 0 saturated heterocycles. The number of rotatable bonds is 7. The van der Waals surface area contributed by atoms with Crippen LogP contribution in [-0.2, 0) is 4.79 Å². The monoisotopic (exact) mass is 252 g/mol. The lowest BCUT2D eigenvalue weighted by molar-refractivity contribution is -0.135. The third kappa shape index (κ3) is 4.37. The first kappa shape index (κ1) is 13.9. The van der Waals surface area contributed by atoms with Crippen LogP contribution in [0.1, 0.15) is 12.8 Å². The Bertz CT molecular complexity index is 425. The Labute approximate surface area is 105 Å². The summed E-state index contributed by atoms with van der Waals surface area (Å²) in [5, 5.41) is 17.3. The van der Waals surface area contributed by atoms with E-state index in [2.05, 4.69) is 0 Å². The molecule has 1 rings (SSSR count). The second-order valence-corrected chi connectivity index (χ2v) is 3.54. The van der Waals surface area contributed by atoms with Crippen LogP contribution in [0.3, 0.4) is 0 Å². The predicted molar refractivity (Wildman–Crippen MR) is 66.1 cm³/mol. The van der Waals surface area contributed by atoms with Crippen molar-refractivity contribution >= 4 is 5.97 Å². The maximum Gasteiger partial charge on any atom is 0.370 e. The number of carboxylic acids is 1. The number of aliphatic hydroxyl groups is 1. The molecule has 5 nitrogen and oxygen atoms in total. The highest BCUT2D eigenvalue weighted by molar-refractivity contribution is 5.83. The molecule has 0 amide bonds. The summed E-state index contributed by atoms with van der Waals surface area (Å²) in [6, 6.07) is 7.28. The van der Waals surface area contributed by atoms with E-state index in [1.165, 1.54) is 6.08 Å². The van der Waals surface area contributed by atoms with Crippen LogP contribution >= 0.6 is 0 Å². The fraction of sp³-hybridized carbons (Fsp3) is 0.308. The number of methoxy groups -OCH3 is 1. The van der Waals surface area contributed by atoms with E-state index < -0.39 is 11.7 Å². The fourth-order valence-corrected chi connectivity index (χ4v) is 1.33. The van der Waals surface area contributed by atoms with Crippen molar-refractivity contribution in [2.45, 2.75) is 12.8 Å². The molecule has 1 aromatic carbocycles. The third-order valence-corrected chi connectivity index (χ3v) is 2.23. The van der Waals surface area contributed by atoms with Gasteiger partial charge in [-0.25, -0.2) is 4.79 Å². The van der Waals surface area contributed by atoms with E-state index in [4.69, 9.17) is 19.7 Å². The first-order valence-electron chi connectivity index (χ1n) is 5.53. The van der Waals surface area contributed by atoms with Gasteiger partial charge < -0.3 is 19.7 Å². The quantitative estimate of drug-likeness (QED) is 0.442. The number of hydrogen-bond donors (Lipinski definition) is 2. The van der Waals surface area contributed by atoms with Gasteiger partial charge in [0.2, 0.25) is 0 Å². The number of carbonyl (C=O) groups is 1. The van der Waals surface area contributed by atoms with Crippen molar-refractivity contribution in [1.29, 1.82) is 0 Å². The largest absolute Gasteiger partial charge is 0.502 e. The Morgan fingerprint density at radius 2 is 1.94 bits per heavy atom. The van der Waals surface area contributed by atoms with Crippen LogP contribution in [0, 0.1) is 0 Å². The molecule has 0 spiro atoms. The Hall–Kier alpha value is -2.17. The minimum Gasteiger partial charge on any atom is -0.502 e. The number of allylic oxidation sites excluding steroid dienone is 1. The number of unbranched alkanes of at least 4 members (excludes halogenated alkanes) is 1. The molecule has 98 valence electrons. The van der Waals surface area contributed by atoms with Gasteiger partial charge in [-0.05, 0) is 31.1 Å². The van der Waals surface area contributed by atoms with E-state index in [9.17, 15) is 4.79 Å². The number of hydrogen-bond acceptors (Lipinski definition) is 4. The van der Waals surface area contributed by atoms with Crippen LogP contribution in [0.4, 0.5) is 0 Å². The van der Waals surface area contributed by atoms with E-state index in [1.54, 1.807) is 19.2 Å². The van der Waals surface area contributed by atoms with E-state index in [1.807, 2.05) is 12.1 Å². The van der Waals surface area contributed by atoms with Crippen LogP contribution < -0.4 is 9.47 Å². The third-order valence-electron chi connectivity index (χ3n) is 2.23. The number of carboxylic acid groups (broad SMARTS) is 1. The van der Waals surface area contributed by atoms with Crippen LogP contribution in [0.25, 0.3) is 0 Å². The Kier molecular flexibility index (Phi) is 5.57.